The molecule has 1 aromatic carbocycles. The van der Waals surface area contributed by atoms with Crippen LogP contribution in [0.15, 0.2) is 30.5 Å². The van der Waals surface area contributed by atoms with Crippen LogP contribution in [0.25, 0.3) is 16.4 Å². The van der Waals surface area contributed by atoms with Crippen molar-refractivity contribution in [2.45, 2.75) is 24.4 Å². The molecule has 0 aliphatic heterocycles. The highest BCUT2D eigenvalue weighted by atomic mass is 16.4. The molecule has 3 aromatic rings. The second-order valence-corrected chi connectivity index (χ2v) is 5.20. The summed E-state index contributed by atoms with van der Waals surface area (Å²) < 4.78 is 1.26. The molecule has 0 saturated carbocycles. The summed E-state index contributed by atoms with van der Waals surface area (Å²) >= 11 is 0. The smallest absolute Gasteiger partial charge is 0.186 e. The highest BCUT2D eigenvalue weighted by Gasteiger charge is 2.34. The van der Waals surface area contributed by atoms with E-state index < -0.39 is 31.0 Å². The Morgan fingerprint density at radius 2 is 1.74 bits per heavy atom. The van der Waals surface area contributed by atoms with Crippen molar-refractivity contribution in [1.82, 2.24) is 19.8 Å². The minimum atomic E-state index is -1.77. The van der Waals surface area contributed by atoms with Gasteiger partial charge in [0, 0.05) is 10.8 Å². The number of rotatable bonds is 5. The highest BCUT2D eigenvalue weighted by Crippen LogP contribution is 2.22. The zero-order chi connectivity index (χ0) is 16.6. The lowest BCUT2D eigenvalue weighted by Crippen LogP contribution is -2.43. The van der Waals surface area contributed by atoms with Crippen molar-refractivity contribution in [2.24, 2.45) is 0 Å². The molecule has 0 fully saturated rings. The normalized spacial score (nSPS) is 17.3. The Kier molecular flexibility index (Phi) is 4.20. The van der Waals surface area contributed by atoms with Gasteiger partial charge in [-0.1, -0.05) is 24.3 Å². The van der Waals surface area contributed by atoms with Crippen molar-refractivity contribution in [3.05, 3.63) is 36.3 Å². The van der Waals surface area contributed by atoms with Gasteiger partial charge in [0.25, 0.3) is 0 Å². The van der Waals surface area contributed by atoms with E-state index in [4.69, 9.17) is 5.11 Å². The van der Waals surface area contributed by atoms with E-state index in [1.165, 1.54) is 4.52 Å². The molecule has 2 aromatic heterocycles. The Morgan fingerprint density at radius 3 is 2.48 bits per heavy atom. The number of aliphatic hydroxyl groups is 5. The van der Waals surface area contributed by atoms with E-state index in [-0.39, 0.29) is 5.82 Å². The van der Waals surface area contributed by atoms with E-state index in [0.29, 0.717) is 5.65 Å². The molecule has 0 amide bonds. The van der Waals surface area contributed by atoms with Crippen LogP contribution >= 0.6 is 0 Å². The summed E-state index contributed by atoms with van der Waals surface area (Å²) in [6.07, 6.45) is -5.18. The van der Waals surface area contributed by atoms with E-state index in [0.717, 1.165) is 10.8 Å². The average molecular weight is 320 g/mol. The summed E-state index contributed by atoms with van der Waals surface area (Å²) in [5.41, 5.74) is 0.390. The molecule has 5 N–H and O–H groups in total. The molecule has 2 heterocycles. The van der Waals surface area contributed by atoms with Crippen LogP contribution in [0.2, 0.25) is 0 Å². The van der Waals surface area contributed by atoms with Gasteiger partial charge in [-0.15, -0.1) is 10.2 Å². The van der Waals surface area contributed by atoms with Crippen molar-refractivity contribution in [3.8, 4) is 0 Å². The van der Waals surface area contributed by atoms with Crippen LogP contribution in [0.1, 0.15) is 11.9 Å². The van der Waals surface area contributed by atoms with Crippen molar-refractivity contribution in [1.29, 1.82) is 0 Å². The maximum Gasteiger partial charge on any atom is 0.186 e. The summed E-state index contributed by atoms with van der Waals surface area (Å²) in [6.45, 7) is -0.756. The molecule has 3 rings (SSSR count). The van der Waals surface area contributed by atoms with Crippen LogP contribution in [0, 0.1) is 0 Å². The number of hydrogen-bond donors (Lipinski definition) is 5. The van der Waals surface area contributed by atoms with E-state index in [2.05, 4.69) is 15.3 Å². The fourth-order valence-electron chi connectivity index (χ4n) is 2.37. The number of aromatic nitrogens is 4. The molecule has 122 valence electrons. The quantitative estimate of drug-likeness (QED) is 0.377. The predicted molar refractivity (Wildman–Crippen MR) is 78.4 cm³/mol. The number of aliphatic hydroxyl groups excluding tert-OH is 5. The Morgan fingerprint density at radius 1 is 1.00 bits per heavy atom. The molecule has 4 atom stereocenters. The van der Waals surface area contributed by atoms with Crippen LogP contribution in [0.5, 0.6) is 0 Å². The lowest BCUT2D eigenvalue weighted by atomic mass is 10.0. The van der Waals surface area contributed by atoms with E-state index >= 15 is 0 Å². The Balaban J connectivity index is 2.01. The third kappa shape index (κ3) is 2.64. The van der Waals surface area contributed by atoms with Gasteiger partial charge >= 0.3 is 0 Å². The number of nitrogens with zero attached hydrogens (tertiary/aromatic N) is 4. The third-order valence-electron chi connectivity index (χ3n) is 3.70. The first-order chi connectivity index (χ1) is 11.0. The van der Waals surface area contributed by atoms with Crippen molar-refractivity contribution >= 4 is 16.4 Å². The van der Waals surface area contributed by atoms with Gasteiger partial charge in [-0.25, -0.2) is 0 Å². The first-order valence-electron chi connectivity index (χ1n) is 6.96. The Bertz CT molecular complexity index is 823. The van der Waals surface area contributed by atoms with Crippen LogP contribution in [-0.4, -0.2) is 70.3 Å². The van der Waals surface area contributed by atoms with Crippen molar-refractivity contribution in [3.63, 3.8) is 0 Å². The zero-order valence-electron chi connectivity index (χ0n) is 11.9. The van der Waals surface area contributed by atoms with Crippen LogP contribution in [-0.2, 0) is 0 Å². The molecule has 0 aliphatic carbocycles. The average Bonchev–Trinajstić information content (AvgIpc) is 3.03. The largest absolute Gasteiger partial charge is 0.394 e. The van der Waals surface area contributed by atoms with Crippen molar-refractivity contribution < 1.29 is 25.5 Å². The third-order valence-corrected chi connectivity index (χ3v) is 3.70. The summed E-state index contributed by atoms with van der Waals surface area (Å²) in [5.74, 6) is -0.0811. The van der Waals surface area contributed by atoms with E-state index in [9.17, 15) is 20.4 Å². The maximum atomic E-state index is 10.2. The Labute approximate surface area is 130 Å². The van der Waals surface area contributed by atoms with Crippen molar-refractivity contribution in [2.75, 3.05) is 6.61 Å². The molecular formula is C14H16N4O5. The zero-order valence-corrected chi connectivity index (χ0v) is 11.9. The first-order valence-corrected chi connectivity index (χ1v) is 6.96. The lowest BCUT2D eigenvalue weighted by molar-refractivity contribution is -0.118. The number of benzene rings is 1. The number of hydrogen-bond acceptors (Lipinski definition) is 8. The highest BCUT2D eigenvalue weighted by molar-refractivity contribution is 5.92. The fourth-order valence-corrected chi connectivity index (χ4v) is 2.37. The second kappa shape index (κ2) is 6.14. The molecule has 0 radical (unpaired) electrons. The summed E-state index contributed by atoms with van der Waals surface area (Å²) in [4.78, 5) is 0. The number of fused-ring (bicyclic) bond motifs is 3. The van der Waals surface area contributed by atoms with Crippen LogP contribution in [0.3, 0.4) is 0 Å². The molecular weight excluding hydrogens is 304 g/mol. The molecule has 0 aliphatic rings. The summed E-state index contributed by atoms with van der Waals surface area (Å²) in [7, 11) is 0. The Hall–Kier alpha value is -2.17. The SMILES string of the molecule is OCC(O)C(O)C(O)C(O)c1nnc2c3ccccc3cnn12. The van der Waals surface area contributed by atoms with Crippen LogP contribution in [0.4, 0.5) is 0 Å². The van der Waals surface area contributed by atoms with Gasteiger partial charge in [0.1, 0.15) is 24.4 Å². The minimum Gasteiger partial charge on any atom is -0.394 e. The van der Waals surface area contributed by atoms with Gasteiger partial charge in [-0.05, 0) is 0 Å². The minimum absolute atomic E-state index is 0.0811. The van der Waals surface area contributed by atoms with Gasteiger partial charge in [-0.3, -0.25) is 0 Å². The van der Waals surface area contributed by atoms with Gasteiger partial charge in [0.05, 0.1) is 12.8 Å². The molecule has 0 spiro atoms. The first kappa shape index (κ1) is 15.7. The predicted octanol–water partition coefficient (Wildman–Crippen LogP) is -1.61. The summed E-state index contributed by atoms with van der Waals surface area (Å²) in [5, 5.41) is 61.5. The van der Waals surface area contributed by atoms with Gasteiger partial charge in [0.15, 0.2) is 11.5 Å². The molecule has 9 nitrogen and oxygen atoms in total. The van der Waals surface area contributed by atoms with Gasteiger partial charge in [-0.2, -0.15) is 9.61 Å². The van der Waals surface area contributed by atoms with Gasteiger partial charge < -0.3 is 25.5 Å². The lowest BCUT2D eigenvalue weighted by Gasteiger charge is -2.24. The standard InChI is InChI=1S/C14H16N4O5/c19-6-9(20)10(21)11(22)12(23)14-17-16-13-8-4-2-1-3-7(8)5-15-18(13)14/h1-5,9-12,19-23H,6H2. The molecule has 0 saturated heterocycles. The summed E-state index contributed by atoms with van der Waals surface area (Å²) in [6, 6.07) is 7.34. The molecule has 9 heteroatoms. The fraction of sp³-hybridized carbons (Fsp3) is 0.357. The monoisotopic (exact) mass is 320 g/mol. The van der Waals surface area contributed by atoms with Gasteiger partial charge in [0.2, 0.25) is 0 Å². The molecule has 0 bridgehead atoms. The maximum absolute atomic E-state index is 10.2. The van der Waals surface area contributed by atoms with E-state index in [1.807, 2.05) is 24.3 Å². The molecule has 23 heavy (non-hydrogen) atoms. The van der Waals surface area contributed by atoms with E-state index in [1.54, 1.807) is 6.20 Å². The second-order valence-electron chi connectivity index (χ2n) is 5.20. The molecule has 4 unspecified atom stereocenters. The van der Waals surface area contributed by atoms with Crippen LogP contribution < -0.4 is 0 Å². The topological polar surface area (TPSA) is 144 Å².